The van der Waals surface area contributed by atoms with Crippen LogP contribution in [0.5, 0.6) is 46.0 Å². The maximum absolute atomic E-state index is 12.8. The minimum atomic E-state index is -0.193. The van der Waals surface area contributed by atoms with Crippen molar-refractivity contribution in [2.75, 3.05) is 21.3 Å². The number of nitrogens with zero attached hydrogens (tertiary/aromatic N) is 10. The number of pyridine rings is 8. The number of ether oxygens (including phenoxy) is 4. The Hall–Kier alpha value is -17.4. The zero-order valence-corrected chi connectivity index (χ0v) is 71.8. The van der Waals surface area contributed by atoms with Crippen LogP contribution in [0.15, 0.2) is 353 Å². The number of nitrogens with one attached hydrogen (secondary N) is 4. The molecular formula is C108H86N14O8. The molecule has 0 saturated carbocycles. The number of aryl methyl sites for hydroxylation is 6. The van der Waals surface area contributed by atoms with Crippen LogP contribution in [0.25, 0.3) is 79.2 Å². The molecule has 0 saturated heterocycles. The Labute approximate surface area is 750 Å². The molecule has 0 fully saturated rings. The van der Waals surface area contributed by atoms with Crippen molar-refractivity contribution in [1.29, 1.82) is 0 Å². The number of hydrogen-bond acceptors (Lipinski definition) is 16. The van der Waals surface area contributed by atoms with Crippen molar-refractivity contribution in [1.82, 2.24) is 49.0 Å². The van der Waals surface area contributed by atoms with Crippen molar-refractivity contribution >= 4 is 80.6 Å². The number of aromatic nitrogens is 10. The summed E-state index contributed by atoms with van der Waals surface area (Å²) in [6.07, 6.45) is 27.6. The monoisotopic (exact) mass is 1710 g/mol. The van der Waals surface area contributed by atoms with Crippen molar-refractivity contribution in [3.05, 3.63) is 420 Å². The van der Waals surface area contributed by atoms with E-state index in [9.17, 15) is 19.2 Å². The van der Waals surface area contributed by atoms with Crippen molar-refractivity contribution in [2.45, 2.75) is 40.5 Å². The first-order valence-corrected chi connectivity index (χ1v) is 42.0. The van der Waals surface area contributed by atoms with Crippen LogP contribution in [0.3, 0.4) is 0 Å². The fraction of sp³-hybridized carbons (Fsp3) is 0.0741. The lowest BCUT2D eigenvalue weighted by atomic mass is 10.1. The molecule has 0 atom stereocenters. The van der Waals surface area contributed by atoms with E-state index in [1.54, 1.807) is 98.1 Å². The summed E-state index contributed by atoms with van der Waals surface area (Å²) >= 11 is 0. The van der Waals surface area contributed by atoms with E-state index < -0.39 is 0 Å². The third kappa shape index (κ3) is 20.8. The summed E-state index contributed by atoms with van der Waals surface area (Å²) in [6, 6.07) is 86.6. The summed E-state index contributed by atoms with van der Waals surface area (Å²) in [4.78, 5) is 86.9. The average Bonchev–Trinajstić information content (AvgIpc) is 1.46. The van der Waals surface area contributed by atoms with Crippen molar-refractivity contribution in [3.8, 4) is 91.0 Å². The topological polar surface area (TPSA) is 266 Å². The summed E-state index contributed by atoms with van der Waals surface area (Å²) in [5.41, 5.74) is 21.9. The molecule has 22 nitrogen and oxygen atoms in total. The van der Waals surface area contributed by atoms with Crippen molar-refractivity contribution in [3.63, 3.8) is 0 Å². The highest BCUT2D eigenvalue weighted by molar-refractivity contribution is 6.07. The third-order valence-corrected chi connectivity index (χ3v) is 21.3. The van der Waals surface area contributed by atoms with Crippen molar-refractivity contribution in [2.24, 2.45) is 14.1 Å². The third-order valence-electron chi connectivity index (χ3n) is 21.3. The Kier molecular flexibility index (Phi) is 25.6. The van der Waals surface area contributed by atoms with Gasteiger partial charge in [-0.3, -0.25) is 49.1 Å². The fourth-order valence-corrected chi connectivity index (χ4v) is 14.8. The molecule has 0 unspecified atom stereocenters. The van der Waals surface area contributed by atoms with Crippen LogP contribution in [0.2, 0.25) is 0 Å². The SMILES string of the molecule is Cc1cccc(NC(=O)c2cccc(Oc3cc(-c4cccnc4)nc4c3C=CC4)c2)c1.Cc1cccc(NC(=O)c2cccc(Oc3cc(-c4cccnc4)nc4c3ccn4C)c2)c1.Cc1cccc(NC(=O)c2cccc(Oc3cc(-c4ccncc4)nc4c3C=CC4)c2)c1.Cc1cccc(NC(=O)c2cccc(Oc3cc(-c4ccncc4)nc4c3ccn4C)c2)c1. The van der Waals surface area contributed by atoms with E-state index in [4.69, 9.17) is 38.9 Å². The standard InChI is InChI=1S/2C27H22N4O2.2C27H21N3O2/c1-18-6-3-9-21(14-18)29-27(32)19-7-4-10-22(15-19)33-25-16-24(20-8-5-12-28-17-20)30-26-23(25)11-13-31(26)2;1-18-5-3-7-21(15-18)29-27(32)20-6-4-8-22(16-20)33-25-17-24(19-9-12-28-13-10-19)30-26-23(25)11-14-31(26)2;1-18-6-2-9-21(14-18)29-27(31)19-7-3-10-22(15-19)32-26-16-25(20-8-5-13-28-17-20)30-24-12-4-11-23(24)26;1-18-5-2-7-21(15-18)29-27(31)20-6-3-8-22(16-20)32-26-17-25(19-11-13-28-14-12-19)30-24-10-4-9-23(24)26/h2*3-17H,1-2H3,(H,29,32);2-11,13-17H,12H2,1H3,(H,29,31);2-9,11-17H,10H2,1H3,(H,29,31). The van der Waals surface area contributed by atoms with E-state index in [1.807, 2.05) is 306 Å². The highest BCUT2D eigenvalue weighted by atomic mass is 16.5. The Morgan fingerprint density at radius 1 is 0.300 bits per heavy atom. The predicted octanol–water partition coefficient (Wildman–Crippen LogP) is 24.1. The zero-order valence-electron chi connectivity index (χ0n) is 71.8. The second-order valence-corrected chi connectivity index (χ2v) is 31.1. The number of fused-ring (bicyclic) bond motifs is 4. The molecule has 0 bridgehead atoms. The van der Waals surface area contributed by atoms with Crippen LogP contribution in [0, 0.1) is 27.7 Å². The lowest BCUT2D eigenvalue weighted by Crippen LogP contribution is -2.11. The molecule has 0 radical (unpaired) electrons. The Morgan fingerprint density at radius 3 is 0.938 bits per heavy atom. The van der Waals surface area contributed by atoms with Gasteiger partial charge in [-0.15, -0.1) is 0 Å². The number of anilines is 4. The van der Waals surface area contributed by atoms with Crippen LogP contribution in [0.1, 0.15) is 86.2 Å². The lowest BCUT2D eigenvalue weighted by molar-refractivity contribution is 0.101. The van der Waals surface area contributed by atoms with Gasteiger partial charge in [0.2, 0.25) is 0 Å². The van der Waals surface area contributed by atoms with Gasteiger partial charge in [0.15, 0.2) is 0 Å². The van der Waals surface area contributed by atoms with E-state index in [0.29, 0.717) is 68.2 Å². The summed E-state index contributed by atoms with van der Waals surface area (Å²) in [5, 5.41) is 13.5. The molecule has 18 aromatic rings. The Bertz CT molecular complexity index is 6870. The second-order valence-electron chi connectivity index (χ2n) is 31.1. The predicted molar refractivity (Wildman–Crippen MR) is 511 cm³/mol. The number of carbonyl (C=O) groups is 4. The van der Waals surface area contributed by atoms with Gasteiger partial charge in [-0.2, -0.15) is 0 Å². The molecule has 8 aromatic carbocycles. The van der Waals surface area contributed by atoms with E-state index in [-0.39, 0.29) is 23.6 Å². The van der Waals surface area contributed by atoms with Gasteiger partial charge in [0.05, 0.1) is 44.9 Å². The Balaban J connectivity index is 0.000000121. The van der Waals surface area contributed by atoms with Gasteiger partial charge < -0.3 is 49.3 Å². The summed E-state index contributed by atoms with van der Waals surface area (Å²) in [6.45, 7) is 7.96. The van der Waals surface area contributed by atoms with Gasteiger partial charge in [-0.25, -0.2) is 9.97 Å². The maximum Gasteiger partial charge on any atom is 0.255 e. The van der Waals surface area contributed by atoms with Gasteiger partial charge in [0.25, 0.3) is 23.6 Å². The number of allylic oxidation sites excluding steroid dienone is 2. The molecule has 4 N–H and O–H groups in total. The molecule has 10 heterocycles. The number of carbonyl (C=O) groups excluding carboxylic acids is 4. The average molecular weight is 1710 g/mol. The normalized spacial score (nSPS) is 11.3. The number of benzene rings is 8. The van der Waals surface area contributed by atoms with Gasteiger partial charge in [-0.1, -0.05) is 97.1 Å². The van der Waals surface area contributed by atoms with Crippen LogP contribution >= 0.6 is 0 Å². The highest BCUT2D eigenvalue weighted by Gasteiger charge is 2.23. The van der Waals surface area contributed by atoms with E-state index in [1.165, 1.54) is 0 Å². The minimum absolute atomic E-state index is 0.182. The Morgan fingerprint density at radius 2 is 0.608 bits per heavy atom. The molecular weight excluding hydrogens is 1620 g/mol. The smallest absolute Gasteiger partial charge is 0.255 e. The molecule has 2 aliphatic rings. The summed E-state index contributed by atoms with van der Waals surface area (Å²) < 4.78 is 29.0. The molecule has 4 amide bonds. The van der Waals surface area contributed by atoms with Crippen LogP contribution < -0.4 is 40.2 Å². The van der Waals surface area contributed by atoms with Gasteiger partial charge in [0.1, 0.15) is 57.3 Å². The highest BCUT2D eigenvalue weighted by Crippen LogP contribution is 2.41. The number of rotatable bonds is 20. The molecule has 130 heavy (non-hydrogen) atoms. The molecule has 0 aliphatic heterocycles. The summed E-state index contributed by atoms with van der Waals surface area (Å²) in [5.74, 6) is 4.33. The van der Waals surface area contributed by atoms with Gasteiger partial charge >= 0.3 is 0 Å². The number of hydrogen-bond donors (Lipinski definition) is 4. The first kappa shape index (κ1) is 84.8. The molecule has 20 rings (SSSR count). The minimum Gasteiger partial charge on any atom is -0.457 e. The number of amides is 4. The molecule has 22 heteroatoms. The van der Waals surface area contributed by atoms with Gasteiger partial charge in [0, 0.05) is 192 Å². The molecule has 10 aromatic heterocycles. The first-order chi connectivity index (χ1) is 63.4. The first-order valence-electron chi connectivity index (χ1n) is 42.0. The zero-order chi connectivity index (χ0) is 89.4. The van der Waals surface area contributed by atoms with E-state index in [2.05, 4.69) is 53.4 Å². The van der Waals surface area contributed by atoms with Crippen molar-refractivity contribution < 1.29 is 38.1 Å². The molecule has 0 spiro atoms. The fourth-order valence-electron chi connectivity index (χ4n) is 14.8. The van der Waals surface area contributed by atoms with E-state index in [0.717, 1.165) is 147 Å². The van der Waals surface area contributed by atoms with Crippen LogP contribution in [0.4, 0.5) is 22.7 Å². The quantitative estimate of drug-likeness (QED) is 0.0552. The largest absolute Gasteiger partial charge is 0.457 e. The molecule has 2 aliphatic carbocycles. The maximum atomic E-state index is 12.8. The van der Waals surface area contributed by atoms with Crippen LogP contribution in [-0.2, 0) is 26.9 Å². The lowest BCUT2D eigenvalue weighted by Gasteiger charge is -2.13. The summed E-state index contributed by atoms with van der Waals surface area (Å²) in [7, 11) is 3.90. The van der Waals surface area contributed by atoms with Crippen LogP contribution in [-0.4, -0.2) is 72.6 Å². The van der Waals surface area contributed by atoms with E-state index >= 15 is 0 Å². The van der Waals surface area contributed by atoms with Gasteiger partial charge in [-0.05, 0) is 232 Å². The second kappa shape index (κ2) is 39.2. The molecule has 636 valence electrons.